The molecular formula is C21H23N3O5. The highest BCUT2D eigenvalue weighted by atomic mass is 16.5. The number of ketones is 1. The van der Waals surface area contributed by atoms with Gasteiger partial charge in [0.25, 0.3) is 0 Å². The zero-order valence-electron chi connectivity index (χ0n) is 16.1. The lowest BCUT2D eigenvalue weighted by atomic mass is 10.1. The van der Waals surface area contributed by atoms with E-state index in [0.29, 0.717) is 23.4 Å². The van der Waals surface area contributed by atoms with Crippen molar-refractivity contribution in [2.75, 3.05) is 23.8 Å². The monoisotopic (exact) mass is 397 g/mol. The first-order chi connectivity index (χ1) is 14.0. The SMILES string of the molecule is CCC(=O)Nc1ccc(C(=O)COC(=O)CCNC(=O)Nc2ccccc2)cc1. The highest BCUT2D eigenvalue weighted by Gasteiger charge is 2.11. The van der Waals surface area contributed by atoms with Gasteiger partial charge in [-0.25, -0.2) is 4.79 Å². The highest BCUT2D eigenvalue weighted by Crippen LogP contribution is 2.11. The van der Waals surface area contributed by atoms with Crippen LogP contribution in [0.4, 0.5) is 16.2 Å². The van der Waals surface area contributed by atoms with E-state index in [1.54, 1.807) is 55.5 Å². The number of hydrogen-bond acceptors (Lipinski definition) is 5. The fraction of sp³-hybridized carbons (Fsp3) is 0.238. The zero-order chi connectivity index (χ0) is 21.1. The number of anilines is 2. The summed E-state index contributed by atoms with van der Waals surface area (Å²) in [5, 5.41) is 7.84. The van der Waals surface area contributed by atoms with Crippen LogP contribution in [0.25, 0.3) is 0 Å². The van der Waals surface area contributed by atoms with Crippen molar-refractivity contribution in [1.82, 2.24) is 5.32 Å². The first-order valence-electron chi connectivity index (χ1n) is 9.16. The number of amides is 3. The van der Waals surface area contributed by atoms with Crippen LogP contribution in [0.2, 0.25) is 0 Å². The maximum atomic E-state index is 12.1. The van der Waals surface area contributed by atoms with Gasteiger partial charge in [-0.05, 0) is 36.4 Å². The van der Waals surface area contributed by atoms with Gasteiger partial charge >= 0.3 is 12.0 Å². The van der Waals surface area contributed by atoms with Crippen LogP contribution in [0, 0.1) is 0 Å². The Hall–Kier alpha value is -3.68. The standard InChI is InChI=1S/C21H23N3O5/c1-2-19(26)23-17-10-8-15(9-11-17)18(25)14-29-20(27)12-13-22-21(28)24-16-6-4-3-5-7-16/h3-11H,2,12-14H2,1H3,(H,23,26)(H2,22,24,28). The number of urea groups is 1. The minimum Gasteiger partial charge on any atom is -0.457 e. The minimum absolute atomic E-state index is 0.0581. The van der Waals surface area contributed by atoms with Crippen LogP contribution >= 0.6 is 0 Å². The molecule has 0 heterocycles. The molecule has 0 aliphatic heterocycles. The number of nitrogens with one attached hydrogen (secondary N) is 3. The normalized spacial score (nSPS) is 9.97. The third kappa shape index (κ3) is 7.84. The first kappa shape index (κ1) is 21.6. The Balaban J connectivity index is 1.67. The molecular weight excluding hydrogens is 374 g/mol. The molecule has 0 aliphatic carbocycles. The van der Waals surface area contributed by atoms with E-state index in [1.807, 2.05) is 6.07 Å². The number of carbonyl (C=O) groups is 4. The van der Waals surface area contributed by atoms with Gasteiger partial charge in [-0.15, -0.1) is 0 Å². The smallest absolute Gasteiger partial charge is 0.319 e. The van der Waals surface area contributed by atoms with Gasteiger partial charge in [-0.2, -0.15) is 0 Å². The summed E-state index contributed by atoms with van der Waals surface area (Å²) in [4.78, 5) is 46.8. The molecule has 0 radical (unpaired) electrons. The fourth-order valence-corrected chi connectivity index (χ4v) is 2.27. The lowest BCUT2D eigenvalue weighted by Gasteiger charge is -2.08. The van der Waals surface area contributed by atoms with Gasteiger partial charge in [0, 0.05) is 29.9 Å². The van der Waals surface area contributed by atoms with E-state index in [0.717, 1.165) is 0 Å². The van der Waals surface area contributed by atoms with Gasteiger partial charge < -0.3 is 20.7 Å². The van der Waals surface area contributed by atoms with Crippen molar-refractivity contribution < 1.29 is 23.9 Å². The lowest BCUT2D eigenvalue weighted by molar-refractivity contribution is -0.142. The number of carbonyl (C=O) groups excluding carboxylic acids is 4. The number of rotatable bonds is 9. The molecule has 3 N–H and O–H groups in total. The summed E-state index contributed by atoms with van der Waals surface area (Å²) in [5.41, 5.74) is 1.59. The van der Waals surface area contributed by atoms with Crippen molar-refractivity contribution in [2.24, 2.45) is 0 Å². The largest absolute Gasteiger partial charge is 0.457 e. The molecule has 0 spiro atoms. The van der Waals surface area contributed by atoms with Crippen molar-refractivity contribution in [3.63, 3.8) is 0 Å². The molecule has 0 fully saturated rings. The molecule has 0 bridgehead atoms. The molecule has 8 nitrogen and oxygen atoms in total. The number of Topliss-reactive ketones (excluding diaryl/α,β-unsaturated/α-hetero) is 1. The van der Waals surface area contributed by atoms with E-state index < -0.39 is 18.6 Å². The predicted octanol–water partition coefficient (Wildman–Crippen LogP) is 2.97. The second-order valence-electron chi connectivity index (χ2n) is 6.06. The topological polar surface area (TPSA) is 114 Å². The molecule has 2 rings (SSSR count). The number of esters is 1. The van der Waals surface area contributed by atoms with E-state index in [-0.39, 0.29) is 24.7 Å². The summed E-state index contributed by atoms with van der Waals surface area (Å²) >= 11 is 0. The second-order valence-corrected chi connectivity index (χ2v) is 6.06. The predicted molar refractivity (Wildman–Crippen MR) is 109 cm³/mol. The van der Waals surface area contributed by atoms with Crippen LogP contribution in [-0.4, -0.2) is 36.8 Å². The van der Waals surface area contributed by atoms with Crippen molar-refractivity contribution in [3.8, 4) is 0 Å². The van der Waals surface area contributed by atoms with Gasteiger partial charge in [0.15, 0.2) is 12.4 Å². The third-order valence-electron chi connectivity index (χ3n) is 3.82. The Morgan fingerprint density at radius 2 is 1.52 bits per heavy atom. The number of hydrogen-bond donors (Lipinski definition) is 3. The van der Waals surface area contributed by atoms with E-state index >= 15 is 0 Å². The van der Waals surface area contributed by atoms with E-state index in [9.17, 15) is 19.2 Å². The number of para-hydroxylation sites is 1. The average molecular weight is 397 g/mol. The van der Waals surface area contributed by atoms with E-state index in [4.69, 9.17) is 4.74 Å². The molecule has 0 atom stereocenters. The van der Waals surface area contributed by atoms with Gasteiger partial charge in [0.2, 0.25) is 5.91 Å². The van der Waals surface area contributed by atoms with Crippen molar-refractivity contribution in [2.45, 2.75) is 19.8 Å². The summed E-state index contributed by atoms with van der Waals surface area (Å²) < 4.78 is 4.94. The highest BCUT2D eigenvalue weighted by molar-refractivity contribution is 5.99. The van der Waals surface area contributed by atoms with Crippen LogP contribution in [0.1, 0.15) is 30.1 Å². The molecule has 8 heteroatoms. The Morgan fingerprint density at radius 1 is 0.862 bits per heavy atom. The zero-order valence-corrected chi connectivity index (χ0v) is 16.1. The summed E-state index contributed by atoms with van der Waals surface area (Å²) in [6.45, 7) is 1.43. The van der Waals surface area contributed by atoms with E-state index in [2.05, 4.69) is 16.0 Å². The summed E-state index contributed by atoms with van der Waals surface area (Å²) in [7, 11) is 0. The van der Waals surface area contributed by atoms with Gasteiger partial charge in [0.1, 0.15) is 0 Å². The van der Waals surface area contributed by atoms with Crippen molar-refractivity contribution in [3.05, 3.63) is 60.2 Å². The third-order valence-corrected chi connectivity index (χ3v) is 3.82. The second kappa shape index (κ2) is 11.2. The van der Waals surface area contributed by atoms with Crippen LogP contribution < -0.4 is 16.0 Å². The Morgan fingerprint density at radius 3 is 2.17 bits per heavy atom. The molecule has 0 unspecified atom stereocenters. The minimum atomic E-state index is -0.592. The molecule has 0 aromatic heterocycles. The van der Waals surface area contributed by atoms with Crippen molar-refractivity contribution >= 4 is 35.1 Å². The Labute approximate surface area is 168 Å². The molecule has 3 amide bonds. The Kier molecular flexibility index (Phi) is 8.37. The van der Waals surface area contributed by atoms with Crippen LogP contribution in [0.5, 0.6) is 0 Å². The molecule has 152 valence electrons. The summed E-state index contributed by atoms with van der Waals surface area (Å²) in [5.74, 6) is -1.07. The van der Waals surface area contributed by atoms with Crippen LogP contribution in [0.3, 0.4) is 0 Å². The molecule has 29 heavy (non-hydrogen) atoms. The first-order valence-corrected chi connectivity index (χ1v) is 9.16. The Bertz CT molecular complexity index is 850. The van der Waals surface area contributed by atoms with Gasteiger partial charge in [0.05, 0.1) is 6.42 Å². The molecule has 2 aromatic carbocycles. The fourth-order valence-electron chi connectivity index (χ4n) is 2.27. The quantitative estimate of drug-likeness (QED) is 0.445. The van der Waals surface area contributed by atoms with Gasteiger partial charge in [-0.3, -0.25) is 14.4 Å². The summed E-state index contributed by atoms with van der Waals surface area (Å²) in [6.07, 6.45) is 0.302. The molecule has 0 saturated carbocycles. The number of ether oxygens (including phenoxy) is 1. The van der Waals surface area contributed by atoms with Crippen molar-refractivity contribution in [1.29, 1.82) is 0 Å². The van der Waals surface area contributed by atoms with Gasteiger partial charge in [-0.1, -0.05) is 25.1 Å². The molecule has 0 saturated heterocycles. The average Bonchev–Trinajstić information content (AvgIpc) is 2.73. The summed E-state index contributed by atoms with van der Waals surface area (Å²) in [6, 6.07) is 14.8. The molecule has 0 aliphatic rings. The number of benzene rings is 2. The molecule has 2 aromatic rings. The van der Waals surface area contributed by atoms with Crippen LogP contribution in [0.15, 0.2) is 54.6 Å². The lowest BCUT2D eigenvalue weighted by Crippen LogP contribution is -2.31. The maximum absolute atomic E-state index is 12.1. The maximum Gasteiger partial charge on any atom is 0.319 e. The van der Waals surface area contributed by atoms with E-state index in [1.165, 1.54) is 0 Å². The van der Waals surface area contributed by atoms with Crippen LogP contribution in [-0.2, 0) is 14.3 Å².